The molecule has 0 unspecified atom stereocenters. The van der Waals surface area contributed by atoms with Crippen LogP contribution in [0, 0.1) is 5.92 Å². The lowest BCUT2D eigenvalue weighted by Crippen LogP contribution is -2.00. The van der Waals surface area contributed by atoms with Gasteiger partial charge in [-0.05, 0) is 12.0 Å². The normalized spacial score (nSPS) is 12.6. The van der Waals surface area contributed by atoms with Gasteiger partial charge in [-0.15, -0.1) is 0 Å². The highest BCUT2D eigenvalue weighted by atomic mass is 28.2. The highest BCUT2D eigenvalue weighted by Gasteiger charge is 2.03. The summed E-state index contributed by atoms with van der Waals surface area (Å²) in [6.07, 6.45) is 6.97. The van der Waals surface area contributed by atoms with Crippen LogP contribution in [-0.2, 0) is 14.2 Å². The molecular weight excluding hydrogens is 220 g/mol. The summed E-state index contributed by atoms with van der Waals surface area (Å²) in [6, 6.07) is 1.37. The first-order chi connectivity index (χ1) is 7.76. The third-order valence-corrected chi connectivity index (χ3v) is 3.85. The third-order valence-electron chi connectivity index (χ3n) is 2.65. The van der Waals surface area contributed by atoms with Gasteiger partial charge in [0.05, 0.1) is 14.2 Å². The maximum absolute atomic E-state index is 5.16. The molecule has 0 fully saturated rings. The Morgan fingerprint density at radius 1 is 1.00 bits per heavy atom. The van der Waals surface area contributed by atoms with Gasteiger partial charge in [0.25, 0.3) is 0 Å². The average molecular weight is 250 g/mol. The van der Waals surface area contributed by atoms with Crippen molar-refractivity contribution >= 4 is 9.76 Å². The SMILES string of the molecule is CCC[C@@H](CC)CCC[SiH2]OC.COOC. The molecule has 16 heavy (non-hydrogen) atoms. The molecule has 0 saturated carbocycles. The fraction of sp³-hybridized carbons (Fsp3) is 1.00. The molecule has 0 rings (SSSR count). The molecule has 0 heterocycles. The van der Waals surface area contributed by atoms with Crippen LogP contribution in [0.4, 0.5) is 0 Å². The van der Waals surface area contributed by atoms with Crippen molar-refractivity contribution < 1.29 is 14.2 Å². The van der Waals surface area contributed by atoms with Crippen LogP contribution in [0.25, 0.3) is 0 Å². The van der Waals surface area contributed by atoms with Crippen molar-refractivity contribution in [2.24, 2.45) is 5.92 Å². The lowest BCUT2D eigenvalue weighted by atomic mass is 9.96. The van der Waals surface area contributed by atoms with E-state index in [1.54, 1.807) is 0 Å². The van der Waals surface area contributed by atoms with Crippen LogP contribution in [0.15, 0.2) is 0 Å². The van der Waals surface area contributed by atoms with Crippen LogP contribution in [0.2, 0.25) is 6.04 Å². The predicted molar refractivity (Wildman–Crippen MR) is 72.3 cm³/mol. The number of hydrogen-bond donors (Lipinski definition) is 0. The Kier molecular flexibility index (Phi) is 20.2. The summed E-state index contributed by atoms with van der Waals surface area (Å²) in [7, 11) is 4.62. The zero-order chi connectivity index (χ0) is 12.6. The van der Waals surface area contributed by atoms with Gasteiger partial charge in [0.1, 0.15) is 0 Å². The van der Waals surface area contributed by atoms with Gasteiger partial charge in [-0.1, -0.05) is 46.0 Å². The largest absolute Gasteiger partial charge is 0.427 e. The predicted octanol–water partition coefficient (Wildman–Crippen LogP) is 2.94. The molecule has 0 aliphatic heterocycles. The maximum Gasteiger partial charge on any atom is 0.161 e. The lowest BCUT2D eigenvalue weighted by molar-refractivity contribution is -0.248. The molecule has 0 aliphatic carbocycles. The summed E-state index contributed by atoms with van der Waals surface area (Å²) in [4.78, 5) is 8.08. The molecule has 0 spiro atoms. The van der Waals surface area contributed by atoms with Crippen molar-refractivity contribution in [3.05, 3.63) is 0 Å². The zero-order valence-corrected chi connectivity index (χ0v) is 13.2. The minimum Gasteiger partial charge on any atom is -0.427 e. The van der Waals surface area contributed by atoms with Crippen molar-refractivity contribution in [3.8, 4) is 0 Å². The van der Waals surface area contributed by atoms with E-state index < -0.39 is 0 Å². The number of rotatable bonds is 9. The molecule has 0 aromatic carbocycles. The van der Waals surface area contributed by atoms with Crippen LogP contribution >= 0.6 is 0 Å². The smallest absolute Gasteiger partial charge is 0.161 e. The van der Waals surface area contributed by atoms with E-state index in [9.17, 15) is 0 Å². The summed E-state index contributed by atoms with van der Waals surface area (Å²) >= 11 is 0. The minimum atomic E-state index is -0.143. The van der Waals surface area contributed by atoms with Gasteiger partial charge < -0.3 is 4.43 Å². The van der Waals surface area contributed by atoms with E-state index in [0.29, 0.717) is 0 Å². The van der Waals surface area contributed by atoms with E-state index in [4.69, 9.17) is 4.43 Å². The van der Waals surface area contributed by atoms with E-state index >= 15 is 0 Å². The molecule has 0 aromatic heterocycles. The van der Waals surface area contributed by atoms with Crippen molar-refractivity contribution in [1.82, 2.24) is 0 Å². The van der Waals surface area contributed by atoms with Crippen molar-refractivity contribution in [1.29, 1.82) is 0 Å². The van der Waals surface area contributed by atoms with Crippen LogP contribution in [0.1, 0.15) is 46.0 Å². The molecule has 0 bridgehead atoms. The van der Waals surface area contributed by atoms with Crippen LogP contribution in [0.5, 0.6) is 0 Å². The second-order valence-electron chi connectivity index (χ2n) is 3.88. The fourth-order valence-corrected chi connectivity index (χ4v) is 2.42. The number of hydrogen-bond acceptors (Lipinski definition) is 3. The first-order valence-electron chi connectivity index (χ1n) is 6.32. The topological polar surface area (TPSA) is 27.7 Å². The second-order valence-corrected chi connectivity index (χ2v) is 5.58. The van der Waals surface area contributed by atoms with Gasteiger partial charge in [-0.2, -0.15) is 0 Å². The Labute approximate surface area is 104 Å². The molecule has 100 valence electrons. The Morgan fingerprint density at radius 2 is 1.62 bits per heavy atom. The van der Waals surface area contributed by atoms with Crippen LogP contribution in [-0.4, -0.2) is 31.1 Å². The zero-order valence-electron chi connectivity index (χ0n) is 11.8. The molecule has 0 amide bonds. The summed E-state index contributed by atoms with van der Waals surface area (Å²) < 4.78 is 5.16. The van der Waals surface area contributed by atoms with Gasteiger partial charge in [-0.3, -0.25) is 0 Å². The van der Waals surface area contributed by atoms with Gasteiger partial charge in [0.2, 0.25) is 0 Å². The fourth-order valence-electron chi connectivity index (χ4n) is 1.64. The molecule has 0 aromatic rings. The van der Waals surface area contributed by atoms with Crippen molar-refractivity contribution in [2.75, 3.05) is 21.3 Å². The minimum absolute atomic E-state index is 0.143. The van der Waals surface area contributed by atoms with E-state index in [0.717, 1.165) is 5.92 Å². The molecule has 0 radical (unpaired) electrons. The van der Waals surface area contributed by atoms with Gasteiger partial charge in [-0.25, -0.2) is 9.78 Å². The highest BCUT2D eigenvalue weighted by molar-refractivity contribution is 6.26. The maximum atomic E-state index is 5.16. The van der Waals surface area contributed by atoms with Crippen molar-refractivity contribution in [2.45, 2.75) is 52.0 Å². The lowest BCUT2D eigenvalue weighted by Gasteiger charge is -2.12. The molecule has 0 N–H and O–H groups in total. The first-order valence-corrected chi connectivity index (χ1v) is 7.90. The molecule has 3 nitrogen and oxygen atoms in total. The average Bonchev–Trinajstić information content (AvgIpc) is 2.33. The van der Waals surface area contributed by atoms with Gasteiger partial charge in [0, 0.05) is 7.11 Å². The highest BCUT2D eigenvalue weighted by Crippen LogP contribution is 2.17. The van der Waals surface area contributed by atoms with Crippen LogP contribution < -0.4 is 0 Å². The Balaban J connectivity index is 0. The standard InChI is InChI=1S/C10H24OSi.C2H6O2/c1-4-7-10(5-2)8-6-9-12-11-3;1-3-4-2/h10H,4-9,12H2,1-3H3;1-2H3/t10-;/m1./s1. The molecule has 0 aliphatic rings. The van der Waals surface area contributed by atoms with E-state index in [1.807, 2.05) is 7.11 Å². The summed E-state index contributed by atoms with van der Waals surface area (Å²) in [6.45, 7) is 4.60. The Hall–Kier alpha value is 0.0969. The quantitative estimate of drug-likeness (QED) is 0.272. The molecule has 0 saturated heterocycles. The second kappa shape index (κ2) is 17.5. The van der Waals surface area contributed by atoms with E-state index in [-0.39, 0.29) is 9.76 Å². The molecule has 4 heteroatoms. The van der Waals surface area contributed by atoms with Crippen LogP contribution in [0.3, 0.4) is 0 Å². The molecular formula is C12H30O3Si. The summed E-state index contributed by atoms with van der Waals surface area (Å²) in [5.74, 6) is 0.987. The third kappa shape index (κ3) is 16.5. The van der Waals surface area contributed by atoms with Gasteiger partial charge >= 0.3 is 0 Å². The summed E-state index contributed by atoms with van der Waals surface area (Å²) in [5.41, 5.74) is 0. The monoisotopic (exact) mass is 250 g/mol. The van der Waals surface area contributed by atoms with Crippen molar-refractivity contribution in [3.63, 3.8) is 0 Å². The Bertz CT molecular complexity index is 110. The Morgan fingerprint density at radius 3 is 2.00 bits per heavy atom. The van der Waals surface area contributed by atoms with E-state index in [2.05, 4.69) is 23.6 Å². The molecule has 1 atom stereocenters. The van der Waals surface area contributed by atoms with Gasteiger partial charge in [0.15, 0.2) is 9.76 Å². The van der Waals surface area contributed by atoms with E-state index in [1.165, 1.54) is 52.4 Å². The summed E-state index contributed by atoms with van der Waals surface area (Å²) in [5, 5.41) is 0. The first kappa shape index (κ1) is 18.5.